The quantitative estimate of drug-likeness (QED) is 0.873. The monoisotopic (exact) mass is 376 g/mol. The minimum atomic E-state index is -3.93. The molecule has 1 aliphatic heterocycles. The van der Waals surface area contributed by atoms with Crippen LogP contribution in [0.4, 0.5) is 10.1 Å². The molecule has 0 fully saturated rings. The number of nitrogens with one attached hydrogen (secondary N) is 1. The number of halogens is 1. The lowest BCUT2D eigenvalue weighted by atomic mass is 10.1. The molecular weight excluding hydrogens is 355 g/mol. The highest BCUT2D eigenvalue weighted by Gasteiger charge is 2.26. The smallest absolute Gasteiger partial charge is 0.243 e. The number of sulfonamides is 1. The molecule has 0 aromatic heterocycles. The summed E-state index contributed by atoms with van der Waals surface area (Å²) in [6.45, 7) is 4.43. The molecule has 3 rings (SSSR count). The zero-order valence-electron chi connectivity index (χ0n) is 14.7. The van der Waals surface area contributed by atoms with E-state index in [0.29, 0.717) is 6.54 Å². The molecule has 0 saturated heterocycles. The number of amides is 1. The van der Waals surface area contributed by atoms with Gasteiger partial charge in [-0.15, -0.1) is 0 Å². The average molecular weight is 376 g/mol. The van der Waals surface area contributed by atoms with E-state index >= 15 is 0 Å². The van der Waals surface area contributed by atoms with Crippen LogP contribution >= 0.6 is 0 Å². The number of carbonyl (C=O) groups is 1. The first kappa shape index (κ1) is 18.5. The lowest BCUT2D eigenvalue weighted by Gasteiger charge is -2.19. The van der Waals surface area contributed by atoms with Gasteiger partial charge in [0.2, 0.25) is 15.9 Å². The summed E-state index contributed by atoms with van der Waals surface area (Å²) in [6.07, 6.45) is 0.738. The van der Waals surface area contributed by atoms with Gasteiger partial charge in [0.05, 0.1) is 0 Å². The van der Waals surface area contributed by atoms with Gasteiger partial charge in [-0.25, -0.2) is 17.5 Å². The molecule has 0 atom stereocenters. The van der Waals surface area contributed by atoms with E-state index in [4.69, 9.17) is 0 Å². The minimum absolute atomic E-state index is 0.0576. The highest BCUT2D eigenvalue weighted by atomic mass is 32.2. The second-order valence-corrected chi connectivity index (χ2v) is 8.35. The molecular formula is C19H21FN2O3S. The highest BCUT2D eigenvalue weighted by molar-refractivity contribution is 7.89. The number of hydrogen-bond acceptors (Lipinski definition) is 3. The number of carbonyl (C=O) groups excluding carboxylic acids is 1. The van der Waals surface area contributed by atoms with Crippen molar-refractivity contribution >= 4 is 21.6 Å². The molecule has 0 radical (unpaired) electrons. The Labute approximate surface area is 152 Å². The predicted octanol–water partition coefficient (Wildman–Crippen LogP) is 2.85. The molecule has 2 aromatic rings. The Balaban J connectivity index is 1.75. The molecule has 7 heteroatoms. The first-order valence-corrected chi connectivity index (χ1v) is 9.95. The molecule has 1 amide bonds. The van der Waals surface area contributed by atoms with Gasteiger partial charge in [0.15, 0.2) is 0 Å². The van der Waals surface area contributed by atoms with Gasteiger partial charge in [0.1, 0.15) is 10.7 Å². The van der Waals surface area contributed by atoms with Crippen LogP contribution in [-0.4, -0.2) is 20.9 Å². The lowest BCUT2D eigenvalue weighted by molar-refractivity contribution is -0.121. The third kappa shape index (κ3) is 3.64. The Bertz CT molecular complexity index is 942. The van der Waals surface area contributed by atoms with Gasteiger partial charge in [0, 0.05) is 24.7 Å². The second-order valence-electron chi connectivity index (χ2n) is 6.61. The number of benzene rings is 2. The molecule has 138 valence electrons. The van der Waals surface area contributed by atoms with Crippen molar-refractivity contribution in [2.45, 2.75) is 31.7 Å². The third-order valence-electron chi connectivity index (χ3n) is 4.39. The fraction of sp³-hybridized carbons (Fsp3) is 0.316. The predicted molar refractivity (Wildman–Crippen MR) is 97.8 cm³/mol. The SMILES string of the molecule is CC(C)C(=O)N1CCc2cc(CNS(=O)(=O)c3ccccc3F)ccc21. The van der Waals surface area contributed by atoms with Crippen molar-refractivity contribution in [3.8, 4) is 0 Å². The van der Waals surface area contributed by atoms with E-state index in [9.17, 15) is 17.6 Å². The van der Waals surface area contributed by atoms with E-state index < -0.39 is 15.8 Å². The maximum atomic E-state index is 13.7. The summed E-state index contributed by atoms with van der Waals surface area (Å²) in [5.41, 5.74) is 2.66. The maximum Gasteiger partial charge on any atom is 0.243 e. The largest absolute Gasteiger partial charge is 0.312 e. The number of hydrogen-bond donors (Lipinski definition) is 1. The van der Waals surface area contributed by atoms with Crippen molar-refractivity contribution in [3.63, 3.8) is 0 Å². The standard InChI is InChI=1S/C19H21FN2O3S/c1-13(2)19(23)22-10-9-15-11-14(7-8-17(15)22)12-21-26(24,25)18-6-4-3-5-16(18)20/h3-8,11,13,21H,9-10,12H2,1-2H3. The van der Waals surface area contributed by atoms with Gasteiger partial charge in [-0.3, -0.25) is 4.79 Å². The molecule has 0 unspecified atom stereocenters. The molecule has 5 nitrogen and oxygen atoms in total. The topological polar surface area (TPSA) is 66.5 Å². The van der Waals surface area contributed by atoms with Crippen molar-refractivity contribution < 1.29 is 17.6 Å². The number of anilines is 1. The van der Waals surface area contributed by atoms with Crippen molar-refractivity contribution in [2.75, 3.05) is 11.4 Å². The minimum Gasteiger partial charge on any atom is -0.312 e. The summed E-state index contributed by atoms with van der Waals surface area (Å²) >= 11 is 0. The maximum absolute atomic E-state index is 13.7. The van der Waals surface area contributed by atoms with Gasteiger partial charge in [0.25, 0.3) is 0 Å². The molecule has 0 aliphatic carbocycles. The Morgan fingerprint density at radius 2 is 1.96 bits per heavy atom. The zero-order valence-corrected chi connectivity index (χ0v) is 15.5. The molecule has 0 bridgehead atoms. The number of rotatable bonds is 5. The number of fused-ring (bicyclic) bond motifs is 1. The van der Waals surface area contributed by atoms with Crippen LogP contribution in [0.2, 0.25) is 0 Å². The van der Waals surface area contributed by atoms with Crippen molar-refractivity contribution in [3.05, 3.63) is 59.4 Å². The van der Waals surface area contributed by atoms with Crippen molar-refractivity contribution in [2.24, 2.45) is 5.92 Å². The Morgan fingerprint density at radius 3 is 2.65 bits per heavy atom. The lowest BCUT2D eigenvalue weighted by Crippen LogP contribution is -2.32. The summed E-state index contributed by atoms with van der Waals surface area (Å²) in [4.78, 5) is 13.6. The number of nitrogens with zero attached hydrogens (tertiary/aromatic N) is 1. The third-order valence-corrected chi connectivity index (χ3v) is 5.83. The molecule has 0 spiro atoms. The van der Waals surface area contributed by atoms with Crippen molar-refractivity contribution in [1.82, 2.24) is 4.72 Å². The Hall–Kier alpha value is -2.25. The summed E-state index contributed by atoms with van der Waals surface area (Å²) in [6, 6.07) is 10.8. The van der Waals surface area contributed by atoms with Crippen LogP contribution < -0.4 is 9.62 Å². The molecule has 1 heterocycles. The zero-order chi connectivity index (χ0) is 18.9. The second kappa shape index (κ2) is 7.17. The summed E-state index contributed by atoms with van der Waals surface area (Å²) < 4.78 is 40.7. The van der Waals surface area contributed by atoms with Crippen molar-refractivity contribution in [1.29, 1.82) is 0 Å². The van der Waals surface area contributed by atoms with Gasteiger partial charge >= 0.3 is 0 Å². The molecule has 26 heavy (non-hydrogen) atoms. The van der Waals surface area contributed by atoms with Gasteiger partial charge < -0.3 is 4.90 Å². The van der Waals surface area contributed by atoms with E-state index in [-0.39, 0.29) is 23.3 Å². The van der Waals surface area contributed by atoms with Crippen LogP contribution in [0.15, 0.2) is 47.4 Å². The Morgan fingerprint density at radius 1 is 1.23 bits per heavy atom. The fourth-order valence-electron chi connectivity index (χ4n) is 3.02. The van der Waals surface area contributed by atoms with E-state index in [1.54, 1.807) is 11.0 Å². The van der Waals surface area contributed by atoms with E-state index in [0.717, 1.165) is 29.3 Å². The Kier molecular flexibility index (Phi) is 5.11. The van der Waals surface area contributed by atoms with Crippen LogP contribution in [0.3, 0.4) is 0 Å². The van der Waals surface area contributed by atoms with Crippen LogP contribution in [0.5, 0.6) is 0 Å². The van der Waals surface area contributed by atoms with Crippen LogP contribution in [-0.2, 0) is 27.8 Å². The molecule has 0 saturated carbocycles. The van der Waals surface area contributed by atoms with Crippen LogP contribution in [0.25, 0.3) is 0 Å². The fourth-order valence-corrected chi connectivity index (χ4v) is 4.12. The van der Waals surface area contributed by atoms with Gasteiger partial charge in [-0.1, -0.05) is 38.1 Å². The van der Waals surface area contributed by atoms with Gasteiger partial charge in [-0.05, 0) is 35.7 Å². The van der Waals surface area contributed by atoms with E-state index in [2.05, 4.69) is 4.72 Å². The molecule has 2 aromatic carbocycles. The van der Waals surface area contributed by atoms with Crippen LogP contribution in [0.1, 0.15) is 25.0 Å². The summed E-state index contributed by atoms with van der Waals surface area (Å²) in [7, 11) is -3.93. The van der Waals surface area contributed by atoms with Gasteiger partial charge in [-0.2, -0.15) is 0 Å². The normalized spacial score (nSPS) is 13.9. The summed E-state index contributed by atoms with van der Waals surface area (Å²) in [5.74, 6) is -0.776. The van der Waals surface area contributed by atoms with E-state index in [1.807, 2.05) is 26.0 Å². The molecule has 1 aliphatic rings. The molecule has 1 N–H and O–H groups in total. The highest BCUT2D eigenvalue weighted by Crippen LogP contribution is 2.30. The summed E-state index contributed by atoms with van der Waals surface area (Å²) in [5, 5.41) is 0. The van der Waals surface area contributed by atoms with E-state index in [1.165, 1.54) is 18.2 Å². The first-order valence-electron chi connectivity index (χ1n) is 8.47. The first-order chi connectivity index (χ1) is 12.3. The van der Waals surface area contributed by atoms with Crippen LogP contribution in [0, 0.1) is 11.7 Å². The average Bonchev–Trinajstić information content (AvgIpc) is 3.02.